The van der Waals surface area contributed by atoms with Crippen LogP contribution < -0.4 is 5.32 Å². The van der Waals surface area contributed by atoms with Crippen LogP contribution in [0.5, 0.6) is 0 Å². The van der Waals surface area contributed by atoms with Crippen molar-refractivity contribution < 1.29 is 4.79 Å². The third-order valence-corrected chi connectivity index (χ3v) is 5.44. The first-order valence-corrected chi connectivity index (χ1v) is 10.2. The van der Waals surface area contributed by atoms with Crippen LogP contribution in [-0.2, 0) is 6.54 Å². The van der Waals surface area contributed by atoms with Gasteiger partial charge in [0.25, 0.3) is 5.91 Å². The minimum Gasteiger partial charge on any atom is -0.322 e. The second-order valence-electron chi connectivity index (χ2n) is 7.77. The highest BCUT2D eigenvalue weighted by atomic mass is 16.1. The molecule has 0 saturated carbocycles. The highest BCUT2D eigenvalue weighted by molar-refractivity contribution is 6.03. The molecule has 1 fully saturated rings. The molecule has 3 aromatic rings. The molecule has 29 heavy (non-hydrogen) atoms. The summed E-state index contributed by atoms with van der Waals surface area (Å²) < 4.78 is 0. The molecule has 2 aromatic carbocycles. The van der Waals surface area contributed by atoms with E-state index >= 15 is 0 Å². The first-order valence-electron chi connectivity index (χ1n) is 10.2. The monoisotopic (exact) mass is 386 g/mol. The van der Waals surface area contributed by atoms with Crippen molar-refractivity contribution in [2.24, 2.45) is 5.92 Å². The fourth-order valence-corrected chi connectivity index (χ4v) is 3.56. The summed E-state index contributed by atoms with van der Waals surface area (Å²) in [5.74, 6) is 1.25. The lowest BCUT2D eigenvalue weighted by Gasteiger charge is -2.30. The molecule has 2 heterocycles. The van der Waals surface area contributed by atoms with E-state index in [4.69, 9.17) is 0 Å². The maximum atomic E-state index is 12.5. The summed E-state index contributed by atoms with van der Waals surface area (Å²) >= 11 is 0. The first-order chi connectivity index (χ1) is 14.2. The van der Waals surface area contributed by atoms with Gasteiger partial charge in [0, 0.05) is 30.2 Å². The van der Waals surface area contributed by atoms with Gasteiger partial charge in [-0.3, -0.25) is 9.69 Å². The normalized spacial score (nSPS) is 15.2. The van der Waals surface area contributed by atoms with Gasteiger partial charge in [0.2, 0.25) is 0 Å². The second-order valence-corrected chi connectivity index (χ2v) is 7.77. The molecule has 5 heteroatoms. The zero-order chi connectivity index (χ0) is 20.1. The maximum absolute atomic E-state index is 12.5. The van der Waals surface area contributed by atoms with Gasteiger partial charge in [0.1, 0.15) is 0 Å². The fourth-order valence-electron chi connectivity index (χ4n) is 3.56. The molecule has 1 aromatic heterocycles. The van der Waals surface area contributed by atoms with Crippen molar-refractivity contribution in [1.29, 1.82) is 0 Å². The van der Waals surface area contributed by atoms with Crippen molar-refractivity contribution in [3.05, 3.63) is 78.1 Å². The summed E-state index contributed by atoms with van der Waals surface area (Å²) in [6.45, 7) is 5.63. The van der Waals surface area contributed by atoms with Crippen molar-refractivity contribution in [2.45, 2.75) is 26.3 Å². The molecule has 0 bridgehead atoms. The van der Waals surface area contributed by atoms with Gasteiger partial charge in [-0.25, -0.2) is 9.97 Å². The van der Waals surface area contributed by atoms with Crippen molar-refractivity contribution in [3.63, 3.8) is 0 Å². The van der Waals surface area contributed by atoms with Crippen LogP contribution >= 0.6 is 0 Å². The Bertz CT molecular complexity index is 931. The lowest BCUT2D eigenvalue weighted by Crippen LogP contribution is -2.32. The van der Waals surface area contributed by atoms with Crippen molar-refractivity contribution in [1.82, 2.24) is 14.9 Å². The Morgan fingerprint density at radius 3 is 2.31 bits per heavy atom. The van der Waals surface area contributed by atoms with Gasteiger partial charge in [-0.2, -0.15) is 0 Å². The van der Waals surface area contributed by atoms with Crippen LogP contribution in [-0.4, -0.2) is 33.9 Å². The number of carbonyl (C=O) groups excluding carboxylic acids is 1. The zero-order valence-corrected chi connectivity index (χ0v) is 16.7. The Morgan fingerprint density at radius 2 is 1.66 bits per heavy atom. The number of carbonyl (C=O) groups is 1. The molecule has 1 aliphatic heterocycles. The molecule has 0 unspecified atom stereocenters. The summed E-state index contributed by atoms with van der Waals surface area (Å²) in [6.07, 6.45) is 5.69. The number of hydrogen-bond donors (Lipinski definition) is 1. The summed E-state index contributed by atoms with van der Waals surface area (Å²) in [5, 5.41) is 2.92. The highest BCUT2D eigenvalue weighted by Crippen LogP contribution is 2.19. The van der Waals surface area contributed by atoms with Crippen LogP contribution in [0.25, 0.3) is 11.4 Å². The summed E-state index contributed by atoms with van der Waals surface area (Å²) in [4.78, 5) is 23.6. The molecule has 1 N–H and O–H groups in total. The van der Waals surface area contributed by atoms with E-state index in [-0.39, 0.29) is 5.91 Å². The molecule has 4 rings (SSSR count). The molecule has 0 radical (unpaired) electrons. The third kappa shape index (κ3) is 5.06. The van der Waals surface area contributed by atoms with Gasteiger partial charge in [0.05, 0.1) is 5.56 Å². The van der Waals surface area contributed by atoms with E-state index in [1.54, 1.807) is 12.4 Å². The third-order valence-electron chi connectivity index (χ3n) is 5.44. The van der Waals surface area contributed by atoms with Crippen LogP contribution in [0, 0.1) is 5.92 Å². The number of nitrogens with one attached hydrogen (secondary N) is 1. The van der Waals surface area contributed by atoms with Gasteiger partial charge >= 0.3 is 0 Å². The number of hydrogen-bond acceptors (Lipinski definition) is 4. The molecular weight excluding hydrogens is 360 g/mol. The van der Waals surface area contributed by atoms with Gasteiger partial charge in [0.15, 0.2) is 5.82 Å². The fraction of sp³-hybridized carbons (Fsp3) is 0.292. The summed E-state index contributed by atoms with van der Waals surface area (Å²) in [6, 6.07) is 17.8. The molecule has 0 aliphatic carbocycles. The SMILES string of the molecule is CC1CCN(Cc2ccc(NC(=O)c3cnc(-c4ccccc4)nc3)cc2)CC1. The van der Waals surface area contributed by atoms with Gasteiger partial charge in [-0.1, -0.05) is 49.4 Å². The van der Waals surface area contributed by atoms with E-state index in [0.717, 1.165) is 23.7 Å². The number of nitrogens with zero attached hydrogens (tertiary/aromatic N) is 3. The minimum absolute atomic E-state index is 0.206. The predicted octanol–water partition coefficient (Wildman–Crippen LogP) is 4.63. The molecular formula is C24H26N4O. The summed E-state index contributed by atoms with van der Waals surface area (Å²) in [7, 11) is 0. The van der Waals surface area contributed by atoms with Gasteiger partial charge in [-0.05, 0) is 49.5 Å². The van der Waals surface area contributed by atoms with Crippen molar-refractivity contribution >= 4 is 11.6 Å². The molecule has 0 spiro atoms. The van der Waals surface area contributed by atoms with Crippen LogP contribution in [0.3, 0.4) is 0 Å². The standard InChI is InChI=1S/C24H26N4O/c1-18-11-13-28(14-12-18)17-19-7-9-22(10-8-19)27-24(29)21-15-25-23(26-16-21)20-5-3-2-4-6-20/h2-10,15-16,18H,11-14,17H2,1H3,(H,27,29). The molecule has 1 amide bonds. The largest absolute Gasteiger partial charge is 0.322 e. The summed E-state index contributed by atoms with van der Waals surface area (Å²) in [5.41, 5.74) is 3.42. The molecule has 1 saturated heterocycles. The van der Waals surface area contributed by atoms with Gasteiger partial charge < -0.3 is 5.32 Å². The van der Waals surface area contributed by atoms with Crippen LogP contribution in [0.1, 0.15) is 35.7 Å². The maximum Gasteiger partial charge on any atom is 0.258 e. The zero-order valence-electron chi connectivity index (χ0n) is 16.7. The smallest absolute Gasteiger partial charge is 0.258 e. The number of rotatable bonds is 5. The van der Waals surface area contributed by atoms with Crippen LogP contribution in [0.15, 0.2) is 67.0 Å². The minimum atomic E-state index is -0.206. The van der Waals surface area contributed by atoms with Gasteiger partial charge in [-0.15, -0.1) is 0 Å². The Hall–Kier alpha value is -3.05. The molecule has 1 aliphatic rings. The average Bonchev–Trinajstić information content (AvgIpc) is 2.77. The van der Waals surface area contributed by atoms with E-state index in [1.807, 2.05) is 42.5 Å². The van der Waals surface area contributed by atoms with Crippen molar-refractivity contribution in [3.8, 4) is 11.4 Å². The Balaban J connectivity index is 1.34. The van der Waals surface area contributed by atoms with E-state index in [2.05, 4.69) is 39.2 Å². The van der Waals surface area contributed by atoms with E-state index in [1.165, 1.54) is 31.5 Å². The number of aromatic nitrogens is 2. The average molecular weight is 386 g/mol. The Morgan fingerprint density at radius 1 is 1.00 bits per heavy atom. The molecule has 5 nitrogen and oxygen atoms in total. The predicted molar refractivity (Wildman–Crippen MR) is 116 cm³/mol. The van der Waals surface area contributed by atoms with Crippen LogP contribution in [0.4, 0.5) is 5.69 Å². The number of likely N-dealkylation sites (tertiary alicyclic amines) is 1. The van der Waals surface area contributed by atoms with E-state index in [9.17, 15) is 4.79 Å². The quantitative estimate of drug-likeness (QED) is 0.695. The molecule has 148 valence electrons. The van der Waals surface area contributed by atoms with E-state index < -0.39 is 0 Å². The number of piperidine rings is 1. The number of amides is 1. The second kappa shape index (κ2) is 8.97. The van der Waals surface area contributed by atoms with Crippen LogP contribution in [0.2, 0.25) is 0 Å². The lowest BCUT2D eigenvalue weighted by atomic mass is 9.99. The highest BCUT2D eigenvalue weighted by Gasteiger charge is 2.15. The lowest BCUT2D eigenvalue weighted by molar-refractivity contribution is 0.102. The topological polar surface area (TPSA) is 58.1 Å². The van der Waals surface area contributed by atoms with E-state index in [0.29, 0.717) is 11.4 Å². The number of anilines is 1. The Kier molecular flexibility index (Phi) is 5.96. The Labute approximate surface area is 171 Å². The number of benzene rings is 2. The molecule has 0 atom stereocenters. The van der Waals surface area contributed by atoms with Crippen molar-refractivity contribution in [2.75, 3.05) is 18.4 Å². The first kappa shape index (κ1) is 19.3.